The van der Waals surface area contributed by atoms with Crippen LogP contribution >= 0.6 is 27.5 Å². The van der Waals surface area contributed by atoms with E-state index in [9.17, 15) is 0 Å². The number of benzene rings is 2. The number of nitrogens with zero attached hydrogens (tertiary/aromatic N) is 2. The molecule has 0 aliphatic rings. The number of hydrogen-bond acceptors (Lipinski definition) is 1. The Bertz CT molecular complexity index is 764. The van der Waals surface area contributed by atoms with Crippen molar-refractivity contribution in [2.45, 2.75) is 13.3 Å². The summed E-state index contributed by atoms with van der Waals surface area (Å²) in [6.45, 7) is 2.09. The van der Waals surface area contributed by atoms with Gasteiger partial charge >= 0.3 is 0 Å². The topological polar surface area (TPSA) is 17.8 Å². The van der Waals surface area contributed by atoms with E-state index in [-0.39, 0.29) is 0 Å². The Balaban J connectivity index is 2.32. The van der Waals surface area contributed by atoms with Crippen LogP contribution in [-0.2, 0) is 6.42 Å². The second kappa shape index (κ2) is 5.58. The Kier molecular flexibility index (Phi) is 3.81. The van der Waals surface area contributed by atoms with Gasteiger partial charge in [-0.3, -0.25) is 4.57 Å². The molecule has 0 saturated heterocycles. The Morgan fingerprint density at radius 1 is 1.20 bits per heavy atom. The van der Waals surface area contributed by atoms with Gasteiger partial charge in [-0.05, 0) is 36.8 Å². The Hall–Kier alpha value is -1.32. The second-order valence-corrected chi connectivity index (χ2v) is 6.02. The molecule has 4 heteroatoms. The van der Waals surface area contributed by atoms with Crippen LogP contribution < -0.4 is 0 Å². The van der Waals surface area contributed by atoms with Crippen LogP contribution in [0.1, 0.15) is 11.4 Å². The molecule has 0 spiro atoms. The van der Waals surface area contributed by atoms with E-state index < -0.39 is 0 Å². The van der Waals surface area contributed by atoms with Gasteiger partial charge in [-0.25, -0.2) is 4.98 Å². The van der Waals surface area contributed by atoms with E-state index in [0.717, 1.165) is 33.4 Å². The smallest absolute Gasteiger partial charge is 0.115 e. The number of halogens is 2. The first-order valence-electron chi connectivity index (χ1n) is 6.49. The van der Waals surface area contributed by atoms with Crippen LogP contribution in [0.25, 0.3) is 16.7 Å². The van der Waals surface area contributed by atoms with Crippen molar-refractivity contribution in [2.24, 2.45) is 0 Å². The van der Waals surface area contributed by atoms with E-state index >= 15 is 0 Å². The third-order valence-corrected chi connectivity index (χ3v) is 4.02. The lowest BCUT2D eigenvalue weighted by Gasteiger charge is -2.09. The SMILES string of the molecule is Cc1cccc2c1nc(CCCl)n2-c1cccc(Br)c1. The molecule has 102 valence electrons. The normalized spacial score (nSPS) is 11.2. The fraction of sp³-hybridized carbons (Fsp3) is 0.188. The molecule has 20 heavy (non-hydrogen) atoms. The predicted molar refractivity (Wildman–Crippen MR) is 87.9 cm³/mol. The summed E-state index contributed by atoms with van der Waals surface area (Å²) in [6, 6.07) is 14.5. The van der Waals surface area contributed by atoms with Crippen LogP contribution in [-0.4, -0.2) is 15.4 Å². The molecule has 0 N–H and O–H groups in total. The van der Waals surface area contributed by atoms with Crippen molar-refractivity contribution >= 4 is 38.6 Å². The molecule has 0 aliphatic heterocycles. The molecule has 0 atom stereocenters. The highest BCUT2D eigenvalue weighted by Crippen LogP contribution is 2.25. The van der Waals surface area contributed by atoms with Gasteiger partial charge < -0.3 is 0 Å². The predicted octanol–water partition coefficient (Wildman–Crippen LogP) is 4.88. The second-order valence-electron chi connectivity index (χ2n) is 4.72. The summed E-state index contributed by atoms with van der Waals surface area (Å²) in [5.74, 6) is 1.57. The highest BCUT2D eigenvalue weighted by atomic mass is 79.9. The van der Waals surface area contributed by atoms with E-state index in [2.05, 4.69) is 57.8 Å². The molecular formula is C16H14BrClN2. The summed E-state index contributed by atoms with van der Waals surface area (Å²) in [6.07, 6.45) is 0.752. The number of rotatable bonds is 3. The monoisotopic (exact) mass is 348 g/mol. The third kappa shape index (κ3) is 2.36. The Morgan fingerprint density at radius 3 is 2.75 bits per heavy atom. The minimum absolute atomic E-state index is 0.566. The quantitative estimate of drug-likeness (QED) is 0.616. The molecule has 2 aromatic carbocycles. The molecule has 2 nitrogen and oxygen atoms in total. The lowest BCUT2D eigenvalue weighted by atomic mass is 10.2. The Labute approximate surface area is 131 Å². The fourth-order valence-electron chi connectivity index (χ4n) is 2.44. The first kappa shape index (κ1) is 13.7. The van der Waals surface area contributed by atoms with Gasteiger partial charge in [-0.1, -0.05) is 34.1 Å². The number of aromatic nitrogens is 2. The zero-order chi connectivity index (χ0) is 14.1. The van der Waals surface area contributed by atoms with Crippen molar-refractivity contribution in [3.63, 3.8) is 0 Å². The van der Waals surface area contributed by atoms with E-state index in [0.29, 0.717) is 5.88 Å². The molecule has 0 fully saturated rings. The van der Waals surface area contributed by atoms with Gasteiger partial charge in [0.25, 0.3) is 0 Å². The molecule has 0 unspecified atom stereocenters. The number of para-hydroxylation sites is 1. The van der Waals surface area contributed by atoms with Gasteiger partial charge in [0, 0.05) is 22.5 Å². The summed E-state index contributed by atoms with van der Waals surface area (Å²) in [5.41, 5.74) is 4.47. The molecule has 3 aromatic rings. The van der Waals surface area contributed by atoms with Crippen LogP contribution in [0.4, 0.5) is 0 Å². The van der Waals surface area contributed by atoms with Crippen molar-refractivity contribution in [3.8, 4) is 5.69 Å². The van der Waals surface area contributed by atoms with Crippen molar-refractivity contribution < 1.29 is 0 Å². The van der Waals surface area contributed by atoms with E-state index in [1.165, 1.54) is 5.56 Å². The lowest BCUT2D eigenvalue weighted by molar-refractivity contribution is 0.912. The largest absolute Gasteiger partial charge is 0.296 e. The lowest BCUT2D eigenvalue weighted by Crippen LogP contribution is -2.02. The van der Waals surface area contributed by atoms with Gasteiger partial charge in [0.05, 0.1) is 11.0 Å². The summed E-state index contributed by atoms with van der Waals surface area (Å²) >= 11 is 9.46. The molecule has 0 bridgehead atoms. The zero-order valence-corrected chi connectivity index (χ0v) is 13.4. The average Bonchev–Trinajstić information content (AvgIpc) is 2.79. The van der Waals surface area contributed by atoms with Crippen LogP contribution in [0.15, 0.2) is 46.9 Å². The van der Waals surface area contributed by atoms with Gasteiger partial charge in [0.15, 0.2) is 0 Å². The maximum Gasteiger partial charge on any atom is 0.115 e. The molecule has 3 rings (SSSR count). The maximum atomic E-state index is 5.93. The average molecular weight is 350 g/mol. The first-order valence-corrected chi connectivity index (χ1v) is 7.82. The summed E-state index contributed by atoms with van der Waals surface area (Å²) < 4.78 is 3.25. The summed E-state index contributed by atoms with van der Waals surface area (Å²) in [5, 5.41) is 0. The molecule has 0 aliphatic carbocycles. The standard InChI is InChI=1S/C16H14BrClN2/c1-11-4-2-7-14-16(11)19-15(8-9-18)20(14)13-6-3-5-12(17)10-13/h2-7,10H,8-9H2,1H3. The van der Waals surface area contributed by atoms with Crippen molar-refractivity contribution in [1.82, 2.24) is 9.55 Å². The van der Waals surface area contributed by atoms with Gasteiger partial charge in [0.2, 0.25) is 0 Å². The van der Waals surface area contributed by atoms with Crippen molar-refractivity contribution in [3.05, 3.63) is 58.3 Å². The summed E-state index contributed by atoms with van der Waals surface area (Å²) in [7, 11) is 0. The molecule has 0 saturated carbocycles. The van der Waals surface area contributed by atoms with Crippen LogP contribution in [0.5, 0.6) is 0 Å². The molecule has 1 aromatic heterocycles. The number of aryl methyl sites for hydroxylation is 2. The number of fused-ring (bicyclic) bond motifs is 1. The van der Waals surface area contributed by atoms with E-state index in [1.54, 1.807) is 0 Å². The van der Waals surface area contributed by atoms with Gasteiger partial charge in [-0.15, -0.1) is 11.6 Å². The third-order valence-electron chi connectivity index (χ3n) is 3.34. The van der Waals surface area contributed by atoms with Gasteiger partial charge in [-0.2, -0.15) is 0 Å². The summed E-state index contributed by atoms with van der Waals surface area (Å²) in [4.78, 5) is 4.77. The molecule has 1 heterocycles. The van der Waals surface area contributed by atoms with Crippen LogP contribution in [0, 0.1) is 6.92 Å². The van der Waals surface area contributed by atoms with Crippen LogP contribution in [0.2, 0.25) is 0 Å². The maximum absolute atomic E-state index is 5.93. The molecule has 0 radical (unpaired) electrons. The minimum atomic E-state index is 0.566. The molecule has 0 amide bonds. The molecular weight excluding hydrogens is 336 g/mol. The Morgan fingerprint density at radius 2 is 2.00 bits per heavy atom. The number of hydrogen-bond donors (Lipinski definition) is 0. The van der Waals surface area contributed by atoms with E-state index in [1.807, 2.05) is 12.1 Å². The zero-order valence-electron chi connectivity index (χ0n) is 11.1. The number of alkyl halides is 1. The first-order chi connectivity index (χ1) is 9.70. The van der Waals surface area contributed by atoms with Crippen molar-refractivity contribution in [2.75, 3.05) is 5.88 Å². The number of imidazole rings is 1. The van der Waals surface area contributed by atoms with Gasteiger partial charge in [0.1, 0.15) is 5.82 Å². The fourth-order valence-corrected chi connectivity index (χ4v) is 3.00. The minimum Gasteiger partial charge on any atom is -0.296 e. The van der Waals surface area contributed by atoms with Crippen molar-refractivity contribution in [1.29, 1.82) is 0 Å². The highest BCUT2D eigenvalue weighted by Gasteiger charge is 2.13. The van der Waals surface area contributed by atoms with E-state index in [4.69, 9.17) is 16.6 Å². The van der Waals surface area contributed by atoms with Crippen LogP contribution in [0.3, 0.4) is 0 Å². The highest BCUT2D eigenvalue weighted by molar-refractivity contribution is 9.10.